The van der Waals surface area contributed by atoms with Crippen LogP contribution in [0.25, 0.3) is 10.9 Å². The average Bonchev–Trinajstić information content (AvgIpc) is 3.04. The van der Waals surface area contributed by atoms with Crippen LogP contribution in [0.4, 0.5) is 11.8 Å². The number of amides is 1. The monoisotopic (exact) mass is 336 g/mol. The minimum absolute atomic E-state index is 0.0363. The molecule has 0 saturated carbocycles. The lowest BCUT2D eigenvalue weighted by atomic mass is 10.2. The van der Waals surface area contributed by atoms with E-state index in [0.29, 0.717) is 18.8 Å². The largest absolute Gasteiger partial charge is 0.368 e. The van der Waals surface area contributed by atoms with E-state index in [1.807, 2.05) is 48.2 Å². The summed E-state index contributed by atoms with van der Waals surface area (Å²) in [5.41, 5.74) is 8.20. The van der Waals surface area contributed by atoms with Crippen molar-refractivity contribution in [2.75, 3.05) is 36.8 Å². The number of nitrogen functional groups attached to an aromatic ring is 1. The minimum atomic E-state index is 0.0363. The van der Waals surface area contributed by atoms with Crippen molar-refractivity contribution in [1.29, 1.82) is 0 Å². The van der Waals surface area contributed by atoms with Gasteiger partial charge in [0.15, 0.2) is 0 Å². The summed E-state index contributed by atoms with van der Waals surface area (Å²) < 4.78 is 0. The lowest BCUT2D eigenvalue weighted by Crippen LogP contribution is -2.49. The third-order valence-corrected chi connectivity index (χ3v) is 4.51. The van der Waals surface area contributed by atoms with Crippen LogP contribution in [-0.2, 0) is 0 Å². The maximum Gasteiger partial charge on any atom is 0.270 e. The first-order valence-corrected chi connectivity index (χ1v) is 8.33. The molecule has 3 aromatic rings. The Kier molecular flexibility index (Phi) is 3.76. The Balaban J connectivity index is 1.46. The number of aromatic nitrogens is 3. The predicted octanol–water partition coefficient (Wildman–Crippen LogP) is 1.81. The van der Waals surface area contributed by atoms with Crippen molar-refractivity contribution >= 4 is 28.6 Å². The van der Waals surface area contributed by atoms with Gasteiger partial charge in [-0.1, -0.05) is 18.2 Å². The molecule has 128 valence electrons. The molecule has 1 aromatic carbocycles. The summed E-state index contributed by atoms with van der Waals surface area (Å²) in [4.78, 5) is 28.4. The Labute approximate surface area is 145 Å². The number of carbonyl (C=O) groups excluding carboxylic acids is 1. The third kappa shape index (κ3) is 3.00. The van der Waals surface area contributed by atoms with Crippen LogP contribution in [-0.4, -0.2) is 51.9 Å². The van der Waals surface area contributed by atoms with Crippen LogP contribution in [0.2, 0.25) is 0 Å². The smallest absolute Gasteiger partial charge is 0.270 e. The van der Waals surface area contributed by atoms with Crippen LogP contribution in [0, 0.1) is 6.92 Å². The highest BCUT2D eigenvalue weighted by molar-refractivity contribution is 5.98. The standard InChI is InChI=1S/C18H20N6O/c1-12-10-16(22-18(19)20-12)23-6-8-24(9-7-23)17(25)15-11-13-4-2-3-5-14(13)21-15/h2-5,10-11,21H,6-9H2,1H3,(H2,19,20,22). The predicted molar refractivity (Wildman–Crippen MR) is 97.6 cm³/mol. The van der Waals surface area contributed by atoms with Crippen molar-refractivity contribution in [3.8, 4) is 0 Å². The minimum Gasteiger partial charge on any atom is -0.368 e. The highest BCUT2D eigenvalue weighted by atomic mass is 16.2. The summed E-state index contributed by atoms with van der Waals surface area (Å²) in [6.45, 7) is 4.65. The first-order valence-electron chi connectivity index (χ1n) is 8.33. The SMILES string of the molecule is Cc1cc(N2CCN(C(=O)c3cc4ccccc4[nH]3)CC2)nc(N)n1. The van der Waals surface area contributed by atoms with E-state index in [9.17, 15) is 4.79 Å². The molecule has 0 spiro atoms. The van der Waals surface area contributed by atoms with Gasteiger partial charge in [-0.2, -0.15) is 4.98 Å². The fourth-order valence-electron chi connectivity index (χ4n) is 3.23. The molecule has 7 heteroatoms. The van der Waals surface area contributed by atoms with Crippen molar-refractivity contribution in [2.45, 2.75) is 6.92 Å². The summed E-state index contributed by atoms with van der Waals surface area (Å²) in [5.74, 6) is 1.14. The Morgan fingerprint density at radius 1 is 1.12 bits per heavy atom. The van der Waals surface area contributed by atoms with Crippen LogP contribution in [0.1, 0.15) is 16.2 Å². The van der Waals surface area contributed by atoms with Crippen LogP contribution >= 0.6 is 0 Å². The Morgan fingerprint density at radius 3 is 2.60 bits per heavy atom. The maximum atomic E-state index is 12.8. The van der Waals surface area contributed by atoms with Gasteiger partial charge >= 0.3 is 0 Å². The van der Waals surface area contributed by atoms with Gasteiger partial charge in [0.05, 0.1) is 0 Å². The van der Waals surface area contributed by atoms with Gasteiger partial charge in [-0.15, -0.1) is 0 Å². The summed E-state index contributed by atoms with van der Waals surface area (Å²) >= 11 is 0. The van der Waals surface area contributed by atoms with Gasteiger partial charge < -0.3 is 20.5 Å². The van der Waals surface area contributed by atoms with E-state index in [0.717, 1.165) is 35.5 Å². The first-order chi connectivity index (χ1) is 12.1. The van der Waals surface area contributed by atoms with Crippen molar-refractivity contribution < 1.29 is 4.79 Å². The molecule has 4 rings (SSSR count). The number of carbonyl (C=O) groups is 1. The zero-order valence-corrected chi connectivity index (χ0v) is 14.1. The van der Waals surface area contributed by atoms with E-state index in [2.05, 4.69) is 19.9 Å². The van der Waals surface area contributed by atoms with Crippen molar-refractivity contribution in [2.24, 2.45) is 0 Å². The normalized spacial score (nSPS) is 14.9. The quantitative estimate of drug-likeness (QED) is 0.745. The number of rotatable bonds is 2. The topological polar surface area (TPSA) is 91.1 Å². The molecule has 0 unspecified atom stereocenters. The number of aryl methyl sites for hydroxylation is 1. The van der Waals surface area contributed by atoms with Crippen LogP contribution in [0.15, 0.2) is 36.4 Å². The molecule has 1 aliphatic heterocycles. The maximum absolute atomic E-state index is 12.8. The molecule has 3 heterocycles. The summed E-state index contributed by atoms with van der Waals surface area (Å²) in [5, 5.41) is 1.05. The van der Waals surface area contributed by atoms with Crippen LogP contribution < -0.4 is 10.6 Å². The molecule has 2 aromatic heterocycles. The van der Waals surface area contributed by atoms with Crippen molar-refractivity contribution in [3.63, 3.8) is 0 Å². The number of nitrogens with one attached hydrogen (secondary N) is 1. The number of H-pyrrole nitrogens is 1. The molecule has 1 aliphatic rings. The summed E-state index contributed by atoms with van der Waals surface area (Å²) in [6, 6.07) is 11.7. The van der Waals surface area contributed by atoms with Crippen molar-refractivity contribution in [3.05, 3.63) is 47.8 Å². The van der Waals surface area contributed by atoms with Gasteiger partial charge in [-0.3, -0.25) is 4.79 Å². The number of fused-ring (bicyclic) bond motifs is 1. The zero-order valence-electron chi connectivity index (χ0n) is 14.1. The number of hydrogen-bond acceptors (Lipinski definition) is 5. The first kappa shape index (κ1) is 15.4. The van der Waals surface area contributed by atoms with Gasteiger partial charge in [0, 0.05) is 48.8 Å². The van der Waals surface area contributed by atoms with Gasteiger partial charge in [0.2, 0.25) is 5.95 Å². The second-order valence-electron chi connectivity index (χ2n) is 6.28. The molecule has 0 radical (unpaired) electrons. The molecule has 0 aliphatic carbocycles. The molecule has 3 N–H and O–H groups in total. The van der Waals surface area contributed by atoms with E-state index in [4.69, 9.17) is 5.73 Å². The summed E-state index contributed by atoms with van der Waals surface area (Å²) in [6.07, 6.45) is 0. The molecular formula is C18H20N6O. The molecule has 7 nitrogen and oxygen atoms in total. The molecule has 1 amide bonds. The lowest BCUT2D eigenvalue weighted by molar-refractivity contribution is 0.0741. The van der Waals surface area contributed by atoms with Gasteiger partial charge in [0.1, 0.15) is 11.5 Å². The molecule has 25 heavy (non-hydrogen) atoms. The second-order valence-corrected chi connectivity index (χ2v) is 6.28. The molecule has 0 bridgehead atoms. The van der Waals surface area contributed by atoms with Gasteiger partial charge in [-0.05, 0) is 19.1 Å². The Bertz CT molecular complexity index is 873. The van der Waals surface area contributed by atoms with E-state index in [1.165, 1.54) is 0 Å². The molecule has 1 saturated heterocycles. The van der Waals surface area contributed by atoms with Crippen LogP contribution in [0.3, 0.4) is 0 Å². The fraction of sp³-hybridized carbons (Fsp3) is 0.278. The van der Waals surface area contributed by atoms with Crippen molar-refractivity contribution in [1.82, 2.24) is 19.9 Å². The molecular weight excluding hydrogens is 316 g/mol. The van der Waals surface area contributed by atoms with Crippen LogP contribution in [0.5, 0.6) is 0 Å². The fourth-order valence-corrected chi connectivity index (χ4v) is 3.23. The van der Waals surface area contributed by atoms with E-state index in [1.54, 1.807) is 0 Å². The number of benzene rings is 1. The number of aromatic amines is 1. The Hall–Kier alpha value is -3.09. The molecule has 0 atom stereocenters. The van der Waals surface area contributed by atoms with E-state index >= 15 is 0 Å². The van der Waals surface area contributed by atoms with E-state index < -0.39 is 0 Å². The lowest BCUT2D eigenvalue weighted by Gasteiger charge is -2.35. The number of hydrogen-bond donors (Lipinski definition) is 2. The Morgan fingerprint density at radius 2 is 1.88 bits per heavy atom. The number of anilines is 2. The highest BCUT2D eigenvalue weighted by Gasteiger charge is 2.24. The second kappa shape index (κ2) is 6.08. The number of para-hydroxylation sites is 1. The number of nitrogens with zero attached hydrogens (tertiary/aromatic N) is 4. The third-order valence-electron chi connectivity index (χ3n) is 4.51. The highest BCUT2D eigenvalue weighted by Crippen LogP contribution is 2.19. The summed E-state index contributed by atoms with van der Waals surface area (Å²) in [7, 11) is 0. The number of nitrogens with two attached hydrogens (primary N) is 1. The number of piperazine rings is 1. The van der Waals surface area contributed by atoms with Gasteiger partial charge in [-0.25, -0.2) is 4.98 Å². The van der Waals surface area contributed by atoms with E-state index in [-0.39, 0.29) is 11.9 Å². The average molecular weight is 336 g/mol. The zero-order chi connectivity index (χ0) is 17.4. The van der Waals surface area contributed by atoms with Gasteiger partial charge in [0.25, 0.3) is 5.91 Å². The molecule has 1 fully saturated rings.